The highest BCUT2D eigenvalue weighted by molar-refractivity contribution is 5.95. The molecule has 0 saturated carbocycles. The Morgan fingerprint density at radius 1 is 0.963 bits per heavy atom. The molecule has 2 aromatic carbocycles. The van der Waals surface area contributed by atoms with E-state index in [1.165, 1.54) is 7.11 Å². The van der Waals surface area contributed by atoms with Crippen LogP contribution in [-0.2, 0) is 14.3 Å². The molecule has 2 aromatic rings. The molecular formula is C21H26N2O4. The lowest BCUT2D eigenvalue weighted by Crippen LogP contribution is -2.30. The van der Waals surface area contributed by atoms with E-state index < -0.39 is 6.10 Å². The van der Waals surface area contributed by atoms with Crippen LogP contribution in [0.4, 0.5) is 11.4 Å². The van der Waals surface area contributed by atoms with Crippen molar-refractivity contribution in [2.45, 2.75) is 32.8 Å². The Bertz CT molecular complexity index is 772. The molecule has 0 bridgehead atoms. The number of hydrogen-bond acceptors (Lipinski definition) is 4. The molecule has 1 unspecified atom stereocenters. The Balaban J connectivity index is 1.92. The zero-order valence-corrected chi connectivity index (χ0v) is 16.1. The molecule has 2 rings (SSSR count). The van der Waals surface area contributed by atoms with Crippen LogP contribution in [0, 0.1) is 0 Å². The van der Waals surface area contributed by atoms with E-state index in [2.05, 4.69) is 24.5 Å². The van der Waals surface area contributed by atoms with E-state index in [9.17, 15) is 9.59 Å². The molecule has 144 valence electrons. The van der Waals surface area contributed by atoms with Crippen LogP contribution < -0.4 is 15.4 Å². The van der Waals surface area contributed by atoms with Gasteiger partial charge in [-0.2, -0.15) is 0 Å². The third-order valence-electron chi connectivity index (χ3n) is 3.92. The number of benzene rings is 2. The van der Waals surface area contributed by atoms with Crippen molar-refractivity contribution in [3.8, 4) is 5.75 Å². The SMILES string of the molecule is COCC(=O)Nc1ccc(NC(=O)C(C)Oc2cccc(C(C)C)c2)cc1. The molecule has 0 saturated heterocycles. The van der Waals surface area contributed by atoms with E-state index in [4.69, 9.17) is 9.47 Å². The molecule has 0 spiro atoms. The minimum Gasteiger partial charge on any atom is -0.481 e. The summed E-state index contributed by atoms with van der Waals surface area (Å²) >= 11 is 0. The van der Waals surface area contributed by atoms with Gasteiger partial charge in [0.15, 0.2) is 6.10 Å². The molecule has 0 aliphatic carbocycles. The number of carbonyl (C=O) groups excluding carboxylic acids is 2. The van der Waals surface area contributed by atoms with E-state index in [0.717, 1.165) is 5.56 Å². The van der Waals surface area contributed by atoms with Gasteiger partial charge in [0.1, 0.15) is 12.4 Å². The Hall–Kier alpha value is -2.86. The van der Waals surface area contributed by atoms with Gasteiger partial charge < -0.3 is 20.1 Å². The van der Waals surface area contributed by atoms with Crippen LogP contribution in [0.3, 0.4) is 0 Å². The van der Waals surface area contributed by atoms with E-state index in [-0.39, 0.29) is 18.4 Å². The average Bonchev–Trinajstić information content (AvgIpc) is 2.63. The summed E-state index contributed by atoms with van der Waals surface area (Å²) in [7, 11) is 1.46. The summed E-state index contributed by atoms with van der Waals surface area (Å²) < 4.78 is 10.5. The summed E-state index contributed by atoms with van der Waals surface area (Å²) in [5.41, 5.74) is 2.41. The first kappa shape index (κ1) is 20.5. The molecule has 0 fully saturated rings. The molecule has 27 heavy (non-hydrogen) atoms. The first-order chi connectivity index (χ1) is 12.9. The Morgan fingerprint density at radius 2 is 1.59 bits per heavy atom. The van der Waals surface area contributed by atoms with Gasteiger partial charge in [0.2, 0.25) is 5.91 Å². The molecule has 6 nitrogen and oxygen atoms in total. The van der Waals surface area contributed by atoms with Crippen LogP contribution in [0.1, 0.15) is 32.3 Å². The second-order valence-corrected chi connectivity index (χ2v) is 6.54. The molecule has 0 radical (unpaired) electrons. The van der Waals surface area contributed by atoms with Crippen LogP contribution in [0.2, 0.25) is 0 Å². The minimum absolute atomic E-state index is 0.00858. The Morgan fingerprint density at radius 3 is 2.19 bits per heavy atom. The lowest BCUT2D eigenvalue weighted by atomic mass is 10.0. The van der Waals surface area contributed by atoms with Gasteiger partial charge in [-0.05, 0) is 54.8 Å². The number of methoxy groups -OCH3 is 1. The summed E-state index contributed by atoms with van der Waals surface area (Å²) in [5, 5.41) is 5.50. The van der Waals surface area contributed by atoms with Crippen molar-refractivity contribution in [3.05, 3.63) is 54.1 Å². The highest BCUT2D eigenvalue weighted by atomic mass is 16.5. The molecular weight excluding hydrogens is 344 g/mol. The van der Waals surface area contributed by atoms with Crippen molar-refractivity contribution in [3.63, 3.8) is 0 Å². The van der Waals surface area contributed by atoms with Crippen LogP contribution in [0.5, 0.6) is 5.75 Å². The van der Waals surface area contributed by atoms with Gasteiger partial charge in [0, 0.05) is 18.5 Å². The third-order valence-corrected chi connectivity index (χ3v) is 3.92. The van der Waals surface area contributed by atoms with Crippen molar-refractivity contribution >= 4 is 23.2 Å². The number of nitrogens with one attached hydrogen (secondary N) is 2. The second kappa shape index (κ2) is 9.73. The molecule has 0 aliphatic heterocycles. The number of hydrogen-bond donors (Lipinski definition) is 2. The molecule has 0 aromatic heterocycles. The van der Waals surface area contributed by atoms with E-state index >= 15 is 0 Å². The van der Waals surface area contributed by atoms with Crippen LogP contribution in [0.15, 0.2) is 48.5 Å². The first-order valence-electron chi connectivity index (χ1n) is 8.85. The van der Waals surface area contributed by atoms with E-state index in [0.29, 0.717) is 23.0 Å². The molecule has 1 atom stereocenters. The highest BCUT2D eigenvalue weighted by Crippen LogP contribution is 2.21. The first-order valence-corrected chi connectivity index (χ1v) is 8.85. The van der Waals surface area contributed by atoms with Crippen molar-refractivity contribution in [1.82, 2.24) is 0 Å². The number of amides is 2. The Labute approximate surface area is 159 Å². The van der Waals surface area contributed by atoms with Crippen molar-refractivity contribution in [2.75, 3.05) is 24.4 Å². The summed E-state index contributed by atoms with van der Waals surface area (Å²) in [6.07, 6.45) is -0.645. The molecule has 0 heterocycles. The zero-order valence-electron chi connectivity index (χ0n) is 16.1. The lowest BCUT2D eigenvalue weighted by molar-refractivity contribution is -0.122. The van der Waals surface area contributed by atoms with Crippen molar-refractivity contribution in [2.24, 2.45) is 0 Å². The number of carbonyl (C=O) groups is 2. The fraction of sp³-hybridized carbons (Fsp3) is 0.333. The van der Waals surface area contributed by atoms with Gasteiger partial charge in [-0.3, -0.25) is 9.59 Å². The maximum atomic E-state index is 12.4. The predicted molar refractivity (Wildman–Crippen MR) is 106 cm³/mol. The van der Waals surface area contributed by atoms with Crippen molar-refractivity contribution < 1.29 is 19.1 Å². The summed E-state index contributed by atoms with van der Waals surface area (Å²) in [5.74, 6) is 0.571. The molecule has 0 aliphatic rings. The van der Waals surface area contributed by atoms with Gasteiger partial charge >= 0.3 is 0 Å². The van der Waals surface area contributed by atoms with Crippen LogP contribution >= 0.6 is 0 Å². The smallest absolute Gasteiger partial charge is 0.265 e. The summed E-state index contributed by atoms with van der Waals surface area (Å²) in [6.45, 7) is 5.91. The van der Waals surface area contributed by atoms with Gasteiger partial charge in [0.25, 0.3) is 5.91 Å². The van der Waals surface area contributed by atoms with Crippen LogP contribution in [-0.4, -0.2) is 31.6 Å². The van der Waals surface area contributed by atoms with Gasteiger partial charge in [-0.1, -0.05) is 26.0 Å². The van der Waals surface area contributed by atoms with Crippen LogP contribution in [0.25, 0.3) is 0 Å². The standard InChI is InChI=1S/C21H26N2O4/c1-14(2)16-6-5-7-19(12-16)27-15(3)21(25)23-18-10-8-17(9-11-18)22-20(24)13-26-4/h5-12,14-15H,13H2,1-4H3,(H,22,24)(H,23,25). The fourth-order valence-electron chi connectivity index (χ4n) is 2.41. The second-order valence-electron chi connectivity index (χ2n) is 6.54. The highest BCUT2D eigenvalue weighted by Gasteiger charge is 2.15. The number of ether oxygens (including phenoxy) is 2. The van der Waals surface area contributed by atoms with E-state index in [1.54, 1.807) is 31.2 Å². The van der Waals surface area contributed by atoms with Crippen molar-refractivity contribution in [1.29, 1.82) is 0 Å². The van der Waals surface area contributed by atoms with E-state index in [1.807, 2.05) is 24.3 Å². The average molecular weight is 370 g/mol. The van der Waals surface area contributed by atoms with Gasteiger partial charge in [0.05, 0.1) is 0 Å². The zero-order chi connectivity index (χ0) is 19.8. The molecule has 2 N–H and O–H groups in total. The topological polar surface area (TPSA) is 76.7 Å². The number of anilines is 2. The fourth-order valence-corrected chi connectivity index (χ4v) is 2.41. The van der Waals surface area contributed by atoms with Gasteiger partial charge in [-0.15, -0.1) is 0 Å². The normalized spacial score (nSPS) is 11.7. The maximum absolute atomic E-state index is 12.4. The third kappa shape index (κ3) is 6.42. The molecule has 6 heteroatoms. The maximum Gasteiger partial charge on any atom is 0.265 e. The number of rotatable bonds is 8. The Kier molecular flexibility index (Phi) is 7.37. The predicted octanol–water partition coefficient (Wildman–Crippen LogP) is 3.80. The quantitative estimate of drug-likeness (QED) is 0.741. The summed E-state index contributed by atoms with van der Waals surface area (Å²) in [6, 6.07) is 14.6. The monoisotopic (exact) mass is 370 g/mol. The largest absolute Gasteiger partial charge is 0.481 e. The molecule has 2 amide bonds. The van der Waals surface area contributed by atoms with Gasteiger partial charge in [-0.25, -0.2) is 0 Å². The minimum atomic E-state index is -0.645. The summed E-state index contributed by atoms with van der Waals surface area (Å²) in [4.78, 5) is 23.8. The lowest BCUT2D eigenvalue weighted by Gasteiger charge is -2.16.